The smallest absolute Gasteiger partial charge is 0.248 e. The molecule has 1 atom stereocenters. The molecule has 1 aliphatic rings. The third-order valence-electron chi connectivity index (χ3n) is 6.57. The molecular weight excluding hydrogens is 558 g/mol. The molecule has 1 unspecified atom stereocenters. The lowest BCUT2D eigenvalue weighted by Gasteiger charge is -2.32. The Balaban J connectivity index is 1.45. The number of ether oxygens (including phenoxy) is 1. The molecule has 0 saturated carbocycles. The summed E-state index contributed by atoms with van der Waals surface area (Å²) in [6.45, 7) is 4.85. The van der Waals surface area contributed by atoms with Crippen molar-refractivity contribution in [2.24, 2.45) is 0 Å². The van der Waals surface area contributed by atoms with Gasteiger partial charge in [0.2, 0.25) is 11.8 Å². The number of rotatable bonds is 10. The van der Waals surface area contributed by atoms with Gasteiger partial charge in [0.05, 0.1) is 24.6 Å². The van der Waals surface area contributed by atoms with Gasteiger partial charge in [-0.2, -0.15) is 0 Å². The van der Waals surface area contributed by atoms with E-state index in [-0.39, 0.29) is 11.8 Å². The van der Waals surface area contributed by atoms with E-state index in [2.05, 4.69) is 36.4 Å². The first-order chi connectivity index (χ1) is 18.9. The average Bonchev–Trinajstić information content (AvgIpc) is 2.95. The van der Waals surface area contributed by atoms with Crippen LogP contribution in [0, 0.1) is 0 Å². The number of nitrogen functional groups attached to an aromatic ring is 1. The summed E-state index contributed by atoms with van der Waals surface area (Å²) >= 11 is 3.44. The number of benzene rings is 3. The Bertz CT molecular complexity index is 1270. The van der Waals surface area contributed by atoms with Crippen LogP contribution in [0.5, 0.6) is 0 Å². The van der Waals surface area contributed by atoms with Crippen LogP contribution in [0.25, 0.3) is 6.08 Å². The SMILES string of the molecule is CN(CCN1CCOCC1)C(C(=O)Nc1ccc(Br)cc1)c1ccc(/C=C/C(=O)Nc2ccccc2N)cc1. The number of amides is 2. The normalized spacial score (nSPS) is 14.8. The number of morpholine rings is 1. The second-order valence-corrected chi connectivity index (χ2v) is 10.3. The van der Waals surface area contributed by atoms with Gasteiger partial charge in [0.15, 0.2) is 0 Å². The van der Waals surface area contributed by atoms with Crippen LogP contribution < -0.4 is 16.4 Å². The maximum atomic E-state index is 13.5. The third kappa shape index (κ3) is 8.49. The van der Waals surface area contributed by atoms with Gasteiger partial charge in [-0.25, -0.2) is 0 Å². The van der Waals surface area contributed by atoms with Crippen LogP contribution in [0.4, 0.5) is 17.1 Å². The zero-order valence-corrected chi connectivity index (χ0v) is 23.6. The largest absolute Gasteiger partial charge is 0.397 e. The van der Waals surface area contributed by atoms with Crippen LogP contribution in [-0.4, -0.2) is 68.1 Å². The highest BCUT2D eigenvalue weighted by Crippen LogP contribution is 2.24. The quantitative estimate of drug-likeness (QED) is 0.235. The highest BCUT2D eigenvalue weighted by Gasteiger charge is 2.26. The van der Waals surface area contributed by atoms with E-state index < -0.39 is 6.04 Å². The summed E-state index contributed by atoms with van der Waals surface area (Å²) in [7, 11) is 1.97. The Hall–Kier alpha value is -3.50. The molecule has 1 saturated heterocycles. The number of nitrogens with one attached hydrogen (secondary N) is 2. The number of nitrogens with two attached hydrogens (primary N) is 1. The lowest BCUT2D eigenvalue weighted by Crippen LogP contribution is -2.43. The van der Waals surface area contributed by atoms with Crippen molar-refractivity contribution in [3.05, 3.63) is 94.5 Å². The highest BCUT2D eigenvalue weighted by molar-refractivity contribution is 9.10. The summed E-state index contributed by atoms with van der Waals surface area (Å²) in [4.78, 5) is 30.3. The predicted octanol–water partition coefficient (Wildman–Crippen LogP) is 4.63. The number of carbonyl (C=O) groups is 2. The molecule has 4 rings (SSSR count). The van der Waals surface area contributed by atoms with Crippen LogP contribution >= 0.6 is 15.9 Å². The second-order valence-electron chi connectivity index (χ2n) is 9.41. The average molecular weight is 593 g/mol. The maximum Gasteiger partial charge on any atom is 0.248 e. The van der Waals surface area contributed by atoms with Crippen molar-refractivity contribution in [3.8, 4) is 0 Å². The number of para-hydroxylation sites is 2. The minimum atomic E-state index is -0.489. The van der Waals surface area contributed by atoms with Gasteiger partial charge in [-0.05, 0) is 60.6 Å². The summed E-state index contributed by atoms with van der Waals surface area (Å²) in [5.74, 6) is -0.378. The zero-order chi connectivity index (χ0) is 27.6. The first-order valence-electron chi connectivity index (χ1n) is 12.9. The van der Waals surface area contributed by atoms with Gasteiger partial charge in [0, 0.05) is 42.4 Å². The summed E-state index contributed by atoms with van der Waals surface area (Å²) < 4.78 is 6.41. The molecule has 3 aromatic rings. The fourth-order valence-electron chi connectivity index (χ4n) is 4.35. The molecule has 2 amide bonds. The molecular formula is C30H34BrN5O3. The number of hydrogen-bond donors (Lipinski definition) is 3. The number of hydrogen-bond acceptors (Lipinski definition) is 6. The van der Waals surface area contributed by atoms with Crippen molar-refractivity contribution in [1.82, 2.24) is 9.80 Å². The van der Waals surface area contributed by atoms with Crippen molar-refractivity contribution in [1.29, 1.82) is 0 Å². The third-order valence-corrected chi connectivity index (χ3v) is 7.10. The molecule has 8 nitrogen and oxygen atoms in total. The number of nitrogens with zero attached hydrogens (tertiary/aromatic N) is 2. The molecule has 0 aromatic heterocycles. The summed E-state index contributed by atoms with van der Waals surface area (Å²) in [6, 6.07) is 21.9. The monoisotopic (exact) mass is 591 g/mol. The molecule has 204 valence electrons. The van der Waals surface area contributed by atoms with Crippen LogP contribution in [0.2, 0.25) is 0 Å². The summed E-state index contributed by atoms with van der Waals surface area (Å²) in [6.07, 6.45) is 3.20. The number of anilines is 3. The van der Waals surface area contributed by atoms with Crippen molar-refractivity contribution in [2.75, 3.05) is 62.8 Å². The van der Waals surface area contributed by atoms with Crippen molar-refractivity contribution >= 4 is 50.9 Å². The summed E-state index contributed by atoms with van der Waals surface area (Å²) in [5.41, 5.74) is 9.43. The summed E-state index contributed by atoms with van der Waals surface area (Å²) in [5, 5.41) is 5.84. The molecule has 1 fully saturated rings. The van der Waals surface area contributed by atoms with Crippen LogP contribution in [-0.2, 0) is 14.3 Å². The number of likely N-dealkylation sites (N-methyl/N-ethyl adjacent to an activating group) is 1. The van der Waals surface area contributed by atoms with Crippen LogP contribution in [0.1, 0.15) is 17.2 Å². The highest BCUT2D eigenvalue weighted by atomic mass is 79.9. The number of carbonyl (C=O) groups excluding carboxylic acids is 2. The number of halogens is 1. The van der Waals surface area contributed by atoms with Crippen molar-refractivity contribution in [3.63, 3.8) is 0 Å². The predicted molar refractivity (Wildman–Crippen MR) is 160 cm³/mol. The van der Waals surface area contributed by atoms with E-state index in [0.717, 1.165) is 60.7 Å². The Morgan fingerprint density at radius 1 is 1.03 bits per heavy atom. The lowest BCUT2D eigenvalue weighted by atomic mass is 10.0. The van der Waals surface area contributed by atoms with E-state index in [1.54, 1.807) is 18.2 Å². The topological polar surface area (TPSA) is 99.9 Å². The molecule has 39 heavy (non-hydrogen) atoms. The minimum absolute atomic E-state index is 0.107. The van der Waals surface area contributed by atoms with Crippen molar-refractivity contribution in [2.45, 2.75) is 6.04 Å². The second kappa shape index (κ2) is 14.0. The van der Waals surface area contributed by atoms with Crippen molar-refractivity contribution < 1.29 is 14.3 Å². The molecule has 0 spiro atoms. The minimum Gasteiger partial charge on any atom is -0.397 e. The van der Waals surface area contributed by atoms with Gasteiger partial charge < -0.3 is 21.1 Å². The van der Waals surface area contributed by atoms with Crippen LogP contribution in [0.15, 0.2) is 83.3 Å². The molecule has 0 bridgehead atoms. The van der Waals surface area contributed by atoms with E-state index >= 15 is 0 Å². The Morgan fingerprint density at radius 3 is 2.41 bits per heavy atom. The molecule has 4 N–H and O–H groups in total. The standard InChI is InChI=1S/C30H34BrN5O3/c1-35(16-17-36-18-20-39-21-19-36)29(30(38)33-25-13-11-24(31)12-14-25)23-9-6-22(7-10-23)8-15-28(37)34-27-5-3-2-4-26(27)32/h2-15,29H,16-21,32H2,1H3,(H,33,38)(H,34,37)/b15-8+. The molecule has 9 heteroatoms. The van der Waals surface area contributed by atoms with E-state index in [1.165, 1.54) is 6.08 Å². The van der Waals surface area contributed by atoms with Gasteiger partial charge in [-0.15, -0.1) is 0 Å². The van der Waals surface area contributed by atoms with E-state index in [1.807, 2.05) is 67.7 Å². The molecule has 1 heterocycles. The van der Waals surface area contributed by atoms with Gasteiger partial charge >= 0.3 is 0 Å². The van der Waals surface area contributed by atoms with Gasteiger partial charge in [0.1, 0.15) is 6.04 Å². The molecule has 0 aliphatic carbocycles. The first kappa shape index (κ1) is 28.5. The van der Waals surface area contributed by atoms with E-state index in [0.29, 0.717) is 11.4 Å². The molecule has 1 aliphatic heterocycles. The maximum absolute atomic E-state index is 13.5. The lowest BCUT2D eigenvalue weighted by molar-refractivity contribution is -0.121. The molecule has 0 radical (unpaired) electrons. The molecule has 3 aromatic carbocycles. The zero-order valence-electron chi connectivity index (χ0n) is 22.0. The Labute approximate surface area is 237 Å². The van der Waals surface area contributed by atoms with E-state index in [4.69, 9.17) is 10.5 Å². The van der Waals surface area contributed by atoms with Gasteiger partial charge in [0.25, 0.3) is 0 Å². The Morgan fingerprint density at radius 2 is 1.72 bits per heavy atom. The first-order valence-corrected chi connectivity index (χ1v) is 13.7. The van der Waals surface area contributed by atoms with E-state index in [9.17, 15) is 9.59 Å². The fourth-order valence-corrected chi connectivity index (χ4v) is 4.61. The van der Waals surface area contributed by atoms with Gasteiger partial charge in [-0.1, -0.05) is 52.3 Å². The Kier molecular flexibility index (Phi) is 10.3. The van der Waals surface area contributed by atoms with Crippen LogP contribution in [0.3, 0.4) is 0 Å². The van der Waals surface area contributed by atoms with Gasteiger partial charge in [-0.3, -0.25) is 19.4 Å². The fraction of sp³-hybridized carbons (Fsp3) is 0.267.